The second-order valence-electron chi connectivity index (χ2n) is 4.80. The Balaban J connectivity index is 1.80. The first-order valence-corrected chi connectivity index (χ1v) is 5.81. The lowest BCUT2D eigenvalue weighted by atomic mass is 9.78. The quantitative estimate of drug-likeness (QED) is 0.716. The van der Waals surface area contributed by atoms with Crippen molar-refractivity contribution in [3.8, 4) is 0 Å². The third kappa shape index (κ3) is 2.44. The van der Waals surface area contributed by atoms with E-state index in [1.165, 1.54) is 51.7 Å². The molecule has 1 aliphatic carbocycles. The predicted molar refractivity (Wildman–Crippen MR) is 55.6 cm³/mol. The highest BCUT2D eigenvalue weighted by atomic mass is 15.1. The van der Waals surface area contributed by atoms with E-state index in [4.69, 9.17) is 5.73 Å². The number of piperidine rings is 1. The van der Waals surface area contributed by atoms with Gasteiger partial charge >= 0.3 is 0 Å². The predicted octanol–water partition coefficient (Wildman–Crippen LogP) is 1.46. The van der Waals surface area contributed by atoms with E-state index in [-0.39, 0.29) is 0 Å². The number of likely N-dealkylation sites (tertiary alicyclic amines) is 1. The molecule has 13 heavy (non-hydrogen) atoms. The molecule has 2 fully saturated rings. The van der Waals surface area contributed by atoms with Crippen molar-refractivity contribution in [3.63, 3.8) is 0 Å². The first-order valence-electron chi connectivity index (χ1n) is 5.81. The lowest BCUT2D eigenvalue weighted by Gasteiger charge is -2.41. The smallest absolute Gasteiger partial charge is 0.000989 e. The molecule has 2 N–H and O–H groups in total. The third-order valence-corrected chi connectivity index (χ3v) is 3.60. The molecule has 0 aromatic rings. The Morgan fingerprint density at radius 3 is 2.46 bits per heavy atom. The number of rotatable bonds is 3. The molecule has 2 atom stereocenters. The van der Waals surface area contributed by atoms with Crippen LogP contribution in [0.3, 0.4) is 0 Å². The van der Waals surface area contributed by atoms with Gasteiger partial charge in [0, 0.05) is 13.1 Å². The summed E-state index contributed by atoms with van der Waals surface area (Å²) in [6.07, 6.45) is 7.14. The molecule has 1 saturated heterocycles. The van der Waals surface area contributed by atoms with Gasteiger partial charge in [-0.15, -0.1) is 0 Å². The van der Waals surface area contributed by atoms with E-state index < -0.39 is 0 Å². The Bertz CT molecular complexity index is 146. The molecule has 1 saturated carbocycles. The first-order chi connectivity index (χ1) is 6.38. The molecule has 2 aliphatic rings. The Morgan fingerprint density at radius 2 is 1.85 bits per heavy atom. The van der Waals surface area contributed by atoms with Crippen LogP contribution in [-0.2, 0) is 0 Å². The monoisotopic (exact) mass is 182 g/mol. The largest absolute Gasteiger partial charge is 0.330 e. The summed E-state index contributed by atoms with van der Waals surface area (Å²) in [5.74, 6) is 2.04. The van der Waals surface area contributed by atoms with Crippen LogP contribution in [0.2, 0.25) is 0 Å². The molecule has 2 bridgehead atoms. The summed E-state index contributed by atoms with van der Waals surface area (Å²) in [7, 11) is 0. The van der Waals surface area contributed by atoms with E-state index >= 15 is 0 Å². The second kappa shape index (κ2) is 4.43. The van der Waals surface area contributed by atoms with Crippen LogP contribution in [-0.4, -0.2) is 31.1 Å². The van der Waals surface area contributed by atoms with Gasteiger partial charge in [0.05, 0.1) is 0 Å². The minimum atomic E-state index is 0.853. The van der Waals surface area contributed by atoms with Gasteiger partial charge in [0.2, 0.25) is 0 Å². The van der Waals surface area contributed by atoms with Crippen molar-refractivity contribution in [3.05, 3.63) is 0 Å². The highest BCUT2D eigenvalue weighted by Crippen LogP contribution is 2.34. The zero-order valence-electron chi connectivity index (χ0n) is 8.54. The molecule has 2 nitrogen and oxygen atoms in total. The van der Waals surface area contributed by atoms with Gasteiger partial charge in [-0.05, 0) is 50.6 Å². The van der Waals surface area contributed by atoms with Crippen molar-refractivity contribution >= 4 is 0 Å². The number of fused-ring (bicyclic) bond motifs is 2. The van der Waals surface area contributed by atoms with Crippen molar-refractivity contribution < 1.29 is 0 Å². The van der Waals surface area contributed by atoms with Gasteiger partial charge in [-0.2, -0.15) is 0 Å². The molecule has 0 aromatic heterocycles. The molecule has 0 amide bonds. The highest BCUT2D eigenvalue weighted by Gasteiger charge is 2.29. The van der Waals surface area contributed by atoms with Gasteiger partial charge < -0.3 is 10.6 Å². The summed E-state index contributed by atoms with van der Waals surface area (Å²) in [5.41, 5.74) is 5.53. The number of nitrogens with two attached hydrogens (primary N) is 1. The average Bonchev–Trinajstić information content (AvgIpc) is 2.14. The van der Waals surface area contributed by atoms with E-state index in [2.05, 4.69) is 4.90 Å². The van der Waals surface area contributed by atoms with Crippen molar-refractivity contribution in [2.45, 2.75) is 32.1 Å². The maximum atomic E-state index is 5.53. The van der Waals surface area contributed by atoms with Gasteiger partial charge in [0.15, 0.2) is 0 Å². The standard InChI is InChI=1S/C11H22N2/c12-5-2-6-13-8-10-3-1-4-11(7-10)9-13/h10-11H,1-9,12H2. The molecular formula is C11H22N2. The van der Waals surface area contributed by atoms with Crippen molar-refractivity contribution in [1.29, 1.82) is 0 Å². The lowest BCUT2D eigenvalue weighted by Crippen LogP contribution is -2.43. The van der Waals surface area contributed by atoms with Gasteiger partial charge in [0.1, 0.15) is 0 Å². The maximum Gasteiger partial charge on any atom is 0.000989 e. The SMILES string of the molecule is NCCCN1CC2CCCC(C2)C1. The second-order valence-corrected chi connectivity index (χ2v) is 4.80. The van der Waals surface area contributed by atoms with Crippen LogP contribution >= 0.6 is 0 Å². The normalized spacial score (nSPS) is 34.8. The zero-order valence-corrected chi connectivity index (χ0v) is 8.54. The van der Waals surface area contributed by atoms with E-state index in [1.807, 2.05) is 0 Å². The first kappa shape index (κ1) is 9.47. The maximum absolute atomic E-state index is 5.53. The summed E-state index contributed by atoms with van der Waals surface area (Å²) >= 11 is 0. The molecule has 2 heteroatoms. The topological polar surface area (TPSA) is 29.3 Å². The van der Waals surface area contributed by atoms with Crippen molar-refractivity contribution in [2.24, 2.45) is 17.6 Å². The van der Waals surface area contributed by atoms with Crippen LogP contribution in [0.1, 0.15) is 32.1 Å². The van der Waals surface area contributed by atoms with Crippen LogP contribution in [0.5, 0.6) is 0 Å². The Kier molecular flexibility index (Phi) is 3.23. The molecular weight excluding hydrogens is 160 g/mol. The Hall–Kier alpha value is -0.0800. The number of hydrogen-bond acceptors (Lipinski definition) is 2. The summed E-state index contributed by atoms with van der Waals surface area (Å²) in [6, 6.07) is 0. The summed E-state index contributed by atoms with van der Waals surface area (Å²) in [6.45, 7) is 4.81. The summed E-state index contributed by atoms with van der Waals surface area (Å²) < 4.78 is 0. The van der Waals surface area contributed by atoms with Crippen LogP contribution in [0.25, 0.3) is 0 Å². The number of nitrogens with zero attached hydrogens (tertiary/aromatic N) is 1. The van der Waals surface area contributed by atoms with E-state index in [9.17, 15) is 0 Å². The zero-order chi connectivity index (χ0) is 9.10. The minimum absolute atomic E-state index is 0.853. The van der Waals surface area contributed by atoms with Crippen LogP contribution < -0.4 is 5.73 Å². The van der Waals surface area contributed by atoms with Crippen LogP contribution in [0, 0.1) is 11.8 Å². The lowest BCUT2D eigenvalue weighted by molar-refractivity contribution is 0.0859. The number of hydrogen-bond donors (Lipinski definition) is 1. The molecule has 76 valence electrons. The molecule has 1 aliphatic heterocycles. The van der Waals surface area contributed by atoms with Gasteiger partial charge in [-0.1, -0.05) is 6.42 Å². The Morgan fingerprint density at radius 1 is 1.15 bits per heavy atom. The summed E-state index contributed by atoms with van der Waals surface area (Å²) in [4.78, 5) is 2.64. The van der Waals surface area contributed by atoms with Gasteiger partial charge in [-0.25, -0.2) is 0 Å². The van der Waals surface area contributed by atoms with E-state index in [1.54, 1.807) is 0 Å². The third-order valence-electron chi connectivity index (χ3n) is 3.60. The minimum Gasteiger partial charge on any atom is -0.330 e. The average molecular weight is 182 g/mol. The van der Waals surface area contributed by atoms with Crippen LogP contribution in [0.15, 0.2) is 0 Å². The Labute approximate surface area is 81.5 Å². The molecule has 1 heterocycles. The van der Waals surface area contributed by atoms with E-state index in [0.29, 0.717) is 0 Å². The fourth-order valence-electron chi connectivity index (χ4n) is 3.04. The van der Waals surface area contributed by atoms with Crippen molar-refractivity contribution in [2.75, 3.05) is 26.2 Å². The highest BCUT2D eigenvalue weighted by molar-refractivity contribution is 4.83. The van der Waals surface area contributed by atoms with E-state index in [0.717, 1.165) is 18.4 Å². The molecule has 2 rings (SSSR count). The molecule has 0 aromatic carbocycles. The molecule has 0 radical (unpaired) electrons. The van der Waals surface area contributed by atoms with Crippen LogP contribution in [0.4, 0.5) is 0 Å². The summed E-state index contributed by atoms with van der Waals surface area (Å²) in [5, 5.41) is 0. The molecule has 2 unspecified atom stereocenters. The van der Waals surface area contributed by atoms with Crippen molar-refractivity contribution in [1.82, 2.24) is 4.90 Å². The van der Waals surface area contributed by atoms with Gasteiger partial charge in [-0.3, -0.25) is 0 Å². The fraction of sp³-hybridized carbons (Fsp3) is 1.00. The van der Waals surface area contributed by atoms with Gasteiger partial charge in [0.25, 0.3) is 0 Å². The fourth-order valence-corrected chi connectivity index (χ4v) is 3.04. The molecule has 0 spiro atoms.